The summed E-state index contributed by atoms with van der Waals surface area (Å²) in [4.78, 5) is 18.2. The van der Waals surface area contributed by atoms with Gasteiger partial charge in [-0.25, -0.2) is 0 Å². The molecule has 1 amide bonds. The number of nitrogens with zero attached hydrogens (tertiary/aromatic N) is 2. The molecule has 0 radical (unpaired) electrons. The molecule has 7 nitrogen and oxygen atoms in total. The zero-order valence-corrected chi connectivity index (χ0v) is 22.4. The van der Waals surface area contributed by atoms with E-state index in [1.807, 2.05) is 0 Å². The molecule has 186 valence electrons. The fourth-order valence-corrected chi connectivity index (χ4v) is 4.69. The van der Waals surface area contributed by atoms with Gasteiger partial charge in [0.25, 0.3) is 0 Å². The van der Waals surface area contributed by atoms with Gasteiger partial charge in [-0.3, -0.25) is 14.7 Å². The van der Waals surface area contributed by atoms with Gasteiger partial charge in [0.2, 0.25) is 5.91 Å². The summed E-state index contributed by atoms with van der Waals surface area (Å²) in [6.07, 6.45) is 9.82. The number of piperidine rings is 1. The van der Waals surface area contributed by atoms with Crippen LogP contribution < -0.4 is 16.4 Å². The van der Waals surface area contributed by atoms with Crippen molar-refractivity contribution in [2.24, 2.45) is 16.6 Å². The molecule has 1 heterocycles. The maximum absolute atomic E-state index is 11.5. The summed E-state index contributed by atoms with van der Waals surface area (Å²) in [5.41, 5.74) is 7.99. The molecule has 1 unspecified atom stereocenters. The molecule has 2 fully saturated rings. The van der Waals surface area contributed by atoms with E-state index in [0.29, 0.717) is 6.10 Å². The smallest absolute Gasteiger partial charge is 0.221 e. The molecular formula is C25H42IN5O2. The average molecular weight is 572 g/mol. The highest BCUT2D eigenvalue weighted by atomic mass is 127. The Morgan fingerprint density at radius 2 is 1.94 bits per heavy atom. The van der Waals surface area contributed by atoms with Crippen LogP contribution in [0.1, 0.15) is 62.5 Å². The summed E-state index contributed by atoms with van der Waals surface area (Å²) in [6, 6.07) is 8.60. The maximum atomic E-state index is 11.5. The summed E-state index contributed by atoms with van der Waals surface area (Å²) < 4.78 is 5.99. The van der Waals surface area contributed by atoms with E-state index in [1.165, 1.54) is 43.2 Å². The van der Waals surface area contributed by atoms with Crippen molar-refractivity contribution in [3.63, 3.8) is 0 Å². The van der Waals surface area contributed by atoms with Crippen LogP contribution in [0, 0.1) is 5.92 Å². The second kappa shape index (κ2) is 15.5. The van der Waals surface area contributed by atoms with Gasteiger partial charge in [0.05, 0.1) is 12.0 Å². The van der Waals surface area contributed by atoms with Gasteiger partial charge in [-0.1, -0.05) is 43.5 Å². The van der Waals surface area contributed by atoms with Crippen molar-refractivity contribution >= 4 is 35.8 Å². The van der Waals surface area contributed by atoms with Gasteiger partial charge in [-0.2, -0.15) is 0 Å². The predicted molar refractivity (Wildman–Crippen MR) is 145 cm³/mol. The third-order valence-electron chi connectivity index (χ3n) is 6.51. The van der Waals surface area contributed by atoms with Crippen molar-refractivity contribution < 1.29 is 9.53 Å². The van der Waals surface area contributed by atoms with Crippen LogP contribution in [0.2, 0.25) is 0 Å². The number of benzene rings is 1. The van der Waals surface area contributed by atoms with Crippen molar-refractivity contribution in [2.75, 3.05) is 33.3 Å². The number of halogens is 1. The third kappa shape index (κ3) is 10.2. The molecule has 8 heteroatoms. The number of hydrogen-bond acceptors (Lipinski definition) is 4. The maximum Gasteiger partial charge on any atom is 0.221 e. The van der Waals surface area contributed by atoms with Crippen LogP contribution in [-0.4, -0.2) is 56.2 Å². The number of nitrogens with two attached hydrogens (primary N) is 1. The molecule has 1 saturated carbocycles. The Kier molecular flexibility index (Phi) is 13.1. The SMILES string of the molecule is CN=C(NCCCOC1CCCCC1)NCc1cccc(CN2CCCC(C(N)=O)C2)c1.I. The molecular weight excluding hydrogens is 529 g/mol. The molecule has 1 aliphatic heterocycles. The Morgan fingerprint density at radius 3 is 2.70 bits per heavy atom. The molecule has 1 atom stereocenters. The number of nitrogens with one attached hydrogen (secondary N) is 2. The number of primary amides is 1. The lowest BCUT2D eigenvalue weighted by Gasteiger charge is -2.31. The van der Waals surface area contributed by atoms with Crippen LogP contribution in [0.3, 0.4) is 0 Å². The van der Waals surface area contributed by atoms with E-state index in [4.69, 9.17) is 10.5 Å². The Morgan fingerprint density at radius 1 is 1.15 bits per heavy atom. The summed E-state index contributed by atoms with van der Waals surface area (Å²) in [5, 5.41) is 6.78. The first-order valence-electron chi connectivity index (χ1n) is 12.3. The van der Waals surface area contributed by atoms with Crippen LogP contribution in [0.15, 0.2) is 29.3 Å². The van der Waals surface area contributed by atoms with Gasteiger partial charge in [0, 0.05) is 39.8 Å². The topological polar surface area (TPSA) is 92.0 Å². The molecule has 3 rings (SSSR count). The Labute approximate surface area is 216 Å². The zero-order valence-electron chi connectivity index (χ0n) is 20.1. The minimum atomic E-state index is -0.174. The van der Waals surface area contributed by atoms with Crippen molar-refractivity contribution in [3.05, 3.63) is 35.4 Å². The highest BCUT2D eigenvalue weighted by Crippen LogP contribution is 2.20. The molecule has 1 aromatic rings. The van der Waals surface area contributed by atoms with Crippen molar-refractivity contribution in [2.45, 2.75) is 70.6 Å². The van der Waals surface area contributed by atoms with Gasteiger partial charge >= 0.3 is 0 Å². The highest BCUT2D eigenvalue weighted by Gasteiger charge is 2.23. The van der Waals surface area contributed by atoms with Crippen LogP contribution >= 0.6 is 24.0 Å². The molecule has 4 N–H and O–H groups in total. The van der Waals surface area contributed by atoms with Crippen LogP contribution in [0.25, 0.3) is 0 Å². The van der Waals surface area contributed by atoms with Crippen molar-refractivity contribution in [1.29, 1.82) is 0 Å². The first-order chi connectivity index (χ1) is 15.6. The highest BCUT2D eigenvalue weighted by molar-refractivity contribution is 14.0. The number of hydrogen-bond donors (Lipinski definition) is 3. The number of rotatable bonds is 10. The number of guanidine groups is 1. The van der Waals surface area contributed by atoms with E-state index in [2.05, 4.69) is 44.8 Å². The van der Waals surface area contributed by atoms with E-state index in [1.54, 1.807) is 7.05 Å². The summed E-state index contributed by atoms with van der Waals surface area (Å²) in [5.74, 6) is 0.622. The first-order valence-corrected chi connectivity index (χ1v) is 12.3. The molecule has 0 bridgehead atoms. The van der Waals surface area contributed by atoms with Crippen molar-refractivity contribution in [3.8, 4) is 0 Å². The quantitative estimate of drug-likeness (QED) is 0.173. The Balaban J connectivity index is 0.00000385. The fourth-order valence-electron chi connectivity index (χ4n) is 4.69. The van der Waals surface area contributed by atoms with E-state index in [9.17, 15) is 4.79 Å². The number of carbonyl (C=O) groups is 1. The summed E-state index contributed by atoms with van der Waals surface area (Å²) >= 11 is 0. The van der Waals surface area contributed by atoms with Gasteiger partial charge in [0.1, 0.15) is 0 Å². The average Bonchev–Trinajstić information content (AvgIpc) is 2.82. The van der Waals surface area contributed by atoms with Crippen molar-refractivity contribution in [1.82, 2.24) is 15.5 Å². The number of carbonyl (C=O) groups excluding carboxylic acids is 1. The number of likely N-dealkylation sites (tertiary alicyclic amines) is 1. The zero-order chi connectivity index (χ0) is 22.6. The van der Waals surface area contributed by atoms with Crippen LogP contribution in [0.4, 0.5) is 0 Å². The summed E-state index contributed by atoms with van der Waals surface area (Å²) in [7, 11) is 1.80. The lowest BCUT2D eigenvalue weighted by atomic mass is 9.97. The lowest BCUT2D eigenvalue weighted by molar-refractivity contribution is -0.123. The van der Waals surface area contributed by atoms with E-state index in [-0.39, 0.29) is 35.8 Å². The molecule has 2 aliphatic rings. The van der Waals surface area contributed by atoms with E-state index >= 15 is 0 Å². The Hall–Kier alpha value is -1.39. The van der Waals surface area contributed by atoms with Gasteiger partial charge < -0.3 is 21.1 Å². The normalized spacial score (nSPS) is 20.2. The van der Waals surface area contributed by atoms with Crippen LogP contribution in [0.5, 0.6) is 0 Å². The largest absolute Gasteiger partial charge is 0.378 e. The minimum absolute atomic E-state index is 0. The predicted octanol–water partition coefficient (Wildman–Crippen LogP) is 3.41. The molecule has 33 heavy (non-hydrogen) atoms. The van der Waals surface area contributed by atoms with Gasteiger partial charge in [-0.05, 0) is 49.8 Å². The molecule has 1 aromatic carbocycles. The number of amides is 1. The first kappa shape index (κ1) is 27.9. The fraction of sp³-hybridized carbons (Fsp3) is 0.680. The standard InChI is InChI=1S/C25H41N5O2.HI/c1-27-25(28-13-7-15-32-23-11-3-2-4-12-23)29-17-20-8-5-9-21(16-20)18-30-14-6-10-22(19-30)24(26)31;/h5,8-9,16,22-23H,2-4,6-7,10-15,17-19H2,1H3,(H2,26,31)(H2,27,28,29);1H. The van der Waals surface area contributed by atoms with Gasteiger partial charge in [-0.15, -0.1) is 24.0 Å². The van der Waals surface area contributed by atoms with E-state index < -0.39 is 0 Å². The number of aliphatic imine (C=N–C) groups is 1. The molecule has 0 spiro atoms. The number of ether oxygens (including phenoxy) is 1. The summed E-state index contributed by atoms with van der Waals surface area (Å²) in [6.45, 7) is 5.01. The van der Waals surface area contributed by atoms with E-state index in [0.717, 1.165) is 64.6 Å². The van der Waals surface area contributed by atoms with Gasteiger partial charge in [0.15, 0.2) is 5.96 Å². The molecule has 1 aliphatic carbocycles. The second-order valence-electron chi connectivity index (χ2n) is 9.13. The monoisotopic (exact) mass is 571 g/mol. The second-order valence-corrected chi connectivity index (χ2v) is 9.13. The van der Waals surface area contributed by atoms with Crippen LogP contribution in [-0.2, 0) is 22.6 Å². The third-order valence-corrected chi connectivity index (χ3v) is 6.51. The minimum Gasteiger partial charge on any atom is -0.378 e. The molecule has 1 saturated heterocycles. The lowest BCUT2D eigenvalue weighted by Crippen LogP contribution is -2.40. The molecule has 0 aromatic heterocycles. The Bertz CT molecular complexity index is 739.